The fourth-order valence-electron chi connectivity index (χ4n) is 0.810. The lowest BCUT2D eigenvalue weighted by molar-refractivity contribution is 0.425. The van der Waals surface area contributed by atoms with Crippen molar-refractivity contribution in [3.63, 3.8) is 0 Å². The summed E-state index contributed by atoms with van der Waals surface area (Å²) >= 11 is 0. The molecule has 0 atom stereocenters. The Bertz CT molecular complexity index is 401. The Balaban J connectivity index is 2.84. The number of halogens is 1. The molecule has 0 unspecified atom stereocenters. The molecular formula is C6H6BFO5S. The highest BCUT2D eigenvalue weighted by atomic mass is 32.3. The first kappa shape index (κ1) is 11.0. The largest absolute Gasteiger partial charge is 0.488 e. The molecule has 0 saturated heterocycles. The Morgan fingerprint density at radius 3 is 2.07 bits per heavy atom. The maximum absolute atomic E-state index is 12.0. The fraction of sp³-hybridized carbons (Fsp3) is 0. The number of hydrogen-bond donors (Lipinski definition) is 2. The minimum Gasteiger partial charge on any atom is -0.423 e. The molecule has 8 heteroatoms. The van der Waals surface area contributed by atoms with Crippen LogP contribution in [0.1, 0.15) is 0 Å². The van der Waals surface area contributed by atoms with Crippen molar-refractivity contribution in [3.8, 4) is 5.75 Å². The van der Waals surface area contributed by atoms with Crippen LogP contribution in [0.3, 0.4) is 0 Å². The van der Waals surface area contributed by atoms with Crippen LogP contribution in [0, 0.1) is 0 Å². The molecule has 0 aliphatic carbocycles. The zero-order chi connectivity index (χ0) is 10.8. The Kier molecular flexibility index (Phi) is 3.09. The Morgan fingerprint density at radius 1 is 1.21 bits per heavy atom. The molecule has 1 rings (SSSR count). The van der Waals surface area contributed by atoms with Gasteiger partial charge in [-0.15, -0.1) is 0 Å². The van der Waals surface area contributed by atoms with Gasteiger partial charge in [0.15, 0.2) is 0 Å². The lowest BCUT2D eigenvalue weighted by atomic mass is 9.80. The van der Waals surface area contributed by atoms with Crippen molar-refractivity contribution < 1.29 is 26.5 Å². The molecule has 14 heavy (non-hydrogen) atoms. The Morgan fingerprint density at radius 2 is 1.71 bits per heavy atom. The summed E-state index contributed by atoms with van der Waals surface area (Å²) in [6.45, 7) is 0. The van der Waals surface area contributed by atoms with Gasteiger partial charge in [0.2, 0.25) is 0 Å². The molecule has 0 amide bonds. The van der Waals surface area contributed by atoms with Gasteiger partial charge in [-0.2, -0.15) is 8.42 Å². The summed E-state index contributed by atoms with van der Waals surface area (Å²) in [5.74, 6) is -0.239. The molecule has 1 aromatic rings. The van der Waals surface area contributed by atoms with E-state index < -0.39 is 17.6 Å². The zero-order valence-electron chi connectivity index (χ0n) is 6.79. The zero-order valence-corrected chi connectivity index (χ0v) is 7.61. The van der Waals surface area contributed by atoms with Gasteiger partial charge in [-0.3, -0.25) is 0 Å². The lowest BCUT2D eigenvalue weighted by Gasteiger charge is -2.01. The smallest absolute Gasteiger partial charge is 0.423 e. The van der Waals surface area contributed by atoms with E-state index in [0.29, 0.717) is 0 Å². The molecule has 0 aliphatic heterocycles. The Hall–Kier alpha value is -1.12. The summed E-state index contributed by atoms with van der Waals surface area (Å²) in [6.07, 6.45) is 0. The van der Waals surface area contributed by atoms with Gasteiger partial charge < -0.3 is 14.2 Å². The highest BCUT2D eigenvalue weighted by molar-refractivity contribution is 7.81. The topological polar surface area (TPSA) is 83.8 Å². The van der Waals surface area contributed by atoms with Crippen molar-refractivity contribution in [2.45, 2.75) is 0 Å². The van der Waals surface area contributed by atoms with Crippen LogP contribution in [0.2, 0.25) is 0 Å². The van der Waals surface area contributed by atoms with Crippen LogP contribution >= 0.6 is 0 Å². The van der Waals surface area contributed by atoms with Gasteiger partial charge in [0.25, 0.3) is 0 Å². The third-order valence-electron chi connectivity index (χ3n) is 1.37. The fourth-order valence-corrected chi connectivity index (χ4v) is 1.15. The van der Waals surface area contributed by atoms with Crippen molar-refractivity contribution in [1.82, 2.24) is 0 Å². The van der Waals surface area contributed by atoms with Crippen molar-refractivity contribution in [2.24, 2.45) is 0 Å². The van der Waals surface area contributed by atoms with Crippen LogP contribution in [-0.2, 0) is 10.5 Å². The van der Waals surface area contributed by atoms with E-state index in [4.69, 9.17) is 10.0 Å². The van der Waals surface area contributed by atoms with E-state index in [0.717, 1.165) is 12.1 Å². The molecule has 5 nitrogen and oxygen atoms in total. The maximum atomic E-state index is 12.0. The van der Waals surface area contributed by atoms with E-state index in [1.165, 1.54) is 12.1 Å². The van der Waals surface area contributed by atoms with Gasteiger partial charge in [-0.1, -0.05) is 16.0 Å². The molecule has 2 N–H and O–H groups in total. The molecule has 76 valence electrons. The normalized spacial score (nSPS) is 11.1. The van der Waals surface area contributed by atoms with Crippen LogP contribution in [0.15, 0.2) is 24.3 Å². The lowest BCUT2D eigenvalue weighted by Crippen LogP contribution is -2.29. The first-order chi connectivity index (χ1) is 6.38. The Labute approximate surface area is 80.3 Å². The second-order valence-electron chi connectivity index (χ2n) is 2.42. The summed E-state index contributed by atoms with van der Waals surface area (Å²) in [5.41, 5.74) is 0.147. The molecule has 0 spiro atoms. The van der Waals surface area contributed by atoms with Gasteiger partial charge in [0.1, 0.15) is 5.75 Å². The van der Waals surface area contributed by atoms with Crippen LogP contribution in [0.5, 0.6) is 5.75 Å². The number of hydrogen-bond acceptors (Lipinski definition) is 5. The molecule has 0 heterocycles. The molecule has 0 bridgehead atoms. The average Bonchev–Trinajstić information content (AvgIpc) is 2.02. The quantitative estimate of drug-likeness (QED) is 0.502. The number of benzene rings is 1. The highest BCUT2D eigenvalue weighted by Crippen LogP contribution is 2.11. The van der Waals surface area contributed by atoms with Gasteiger partial charge >= 0.3 is 17.6 Å². The molecule has 0 fully saturated rings. The molecule has 0 saturated carbocycles. The molecule has 0 aromatic heterocycles. The summed E-state index contributed by atoms with van der Waals surface area (Å²) in [5, 5.41) is 17.3. The van der Waals surface area contributed by atoms with Crippen LogP contribution in [-0.4, -0.2) is 25.6 Å². The summed E-state index contributed by atoms with van der Waals surface area (Å²) in [6, 6.07) is 4.61. The van der Waals surface area contributed by atoms with Gasteiger partial charge in [-0.25, -0.2) is 0 Å². The molecular weight excluding hydrogens is 214 g/mol. The predicted octanol–water partition coefficient (Wildman–Crippen LogP) is -1.04. The second kappa shape index (κ2) is 3.95. The van der Waals surface area contributed by atoms with Crippen LogP contribution < -0.4 is 9.65 Å². The molecule has 1 aromatic carbocycles. The van der Waals surface area contributed by atoms with E-state index in [1.807, 2.05) is 0 Å². The summed E-state index contributed by atoms with van der Waals surface area (Å²) in [7, 11) is -6.70. The SMILES string of the molecule is O=S(=O)(F)Oc1ccc(B(O)O)cc1. The molecule has 0 aliphatic rings. The van der Waals surface area contributed by atoms with Crippen LogP contribution in [0.4, 0.5) is 3.89 Å². The first-order valence-electron chi connectivity index (χ1n) is 3.48. The van der Waals surface area contributed by atoms with Crippen molar-refractivity contribution in [3.05, 3.63) is 24.3 Å². The second-order valence-corrected chi connectivity index (χ2v) is 3.37. The third kappa shape index (κ3) is 3.33. The van der Waals surface area contributed by atoms with E-state index in [9.17, 15) is 12.3 Å². The van der Waals surface area contributed by atoms with Gasteiger partial charge in [0.05, 0.1) is 0 Å². The van der Waals surface area contributed by atoms with Gasteiger partial charge in [-0.05, 0) is 17.6 Å². The maximum Gasteiger partial charge on any atom is 0.488 e. The average molecular weight is 220 g/mol. The van der Waals surface area contributed by atoms with Crippen molar-refractivity contribution in [2.75, 3.05) is 0 Å². The predicted molar refractivity (Wildman–Crippen MR) is 46.9 cm³/mol. The summed E-state index contributed by atoms with van der Waals surface area (Å²) in [4.78, 5) is 0. The summed E-state index contributed by atoms with van der Waals surface area (Å²) < 4.78 is 35.9. The van der Waals surface area contributed by atoms with E-state index in [1.54, 1.807) is 0 Å². The standard InChI is InChI=1S/C6H6BFO5S/c8-14(11,12)13-6-3-1-5(2-4-6)7(9)10/h1-4,9-10H. The van der Waals surface area contributed by atoms with Gasteiger partial charge in [0, 0.05) is 0 Å². The third-order valence-corrected chi connectivity index (χ3v) is 1.77. The minimum atomic E-state index is -5.04. The number of rotatable bonds is 3. The van der Waals surface area contributed by atoms with Crippen LogP contribution in [0.25, 0.3) is 0 Å². The van der Waals surface area contributed by atoms with E-state index >= 15 is 0 Å². The molecule has 0 radical (unpaired) electrons. The monoisotopic (exact) mass is 220 g/mol. The minimum absolute atomic E-state index is 0.147. The highest BCUT2D eigenvalue weighted by Gasteiger charge is 2.12. The first-order valence-corrected chi connectivity index (χ1v) is 4.79. The van der Waals surface area contributed by atoms with E-state index in [2.05, 4.69) is 4.18 Å². The van der Waals surface area contributed by atoms with Crippen molar-refractivity contribution in [1.29, 1.82) is 0 Å². The van der Waals surface area contributed by atoms with E-state index in [-0.39, 0.29) is 11.2 Å². The van der Waals surface area contributed by atoms with Crippen molar-refractivity contribution >= 4 is 23.1 Å².